The van der Waals surface area contributed by atoms with E-state index in [-0.39, 0.29) is 16.0 Å². The molecule has 1 amide bonds. The first-order valence-corrected chi connectivity index (χ1v) is 12.7. The molecule has 7 nitrogen and oxygen atoms in total. The van der Waals surface area contributed by atoms with E-state index in [1.54, 1.807) is 60.4 Å². The molecular weight excluding hydrogens is 450 g/mol. The van der Waals surface area contributed by atoms with Gasteiger partial charge < -0.3 is 14.6 Å². The van der Waals surface area contributed by atoms with Crippen molar-refractivity contribution in [3.05, 3.63) is 78.2 Å². The molecule has 0 saturated carbocycles. The molecule has 2 aromatic carbocycles. The van der Waals surface area contributed by atoms with E-state index in [0.29, 0.717) is 17.2 Å². The topological polar surface area (TPSA) is 90.3 Å². The molecule has 0 aliphatic rings. The summed E-state index contributed by atoms with van der Waals surface area (Å²) in [7, 11) is -1.77. The lowest BCUT2D eigenvalue weighted by molar-refractivity contribution is 0.101. The summed E-state index contributed by atoms with van der Waals surface area (Å²) in [6.07, 6.45) is 4.42. The number of hydrogen-bond acceptors (Lipinski definition) is 5. The number of nitrogens with one attached hydrogen (secondary N) is 1. The summed E-state index contributed by atoms with van der Waals surface area (Å²) in [5.41, 5.74) is 2.09. The summed E-state index contributed by atoms with van der Waals surface area (Å²) in [6, 6.07) is 15.9. The molecule has 4 aromatic rings. The number of anilines is 1. The minimum atomic E-state index is -3.55. The highest BCUT2D eigenvalue weighted by molar-refractivity contribution is 7.90. The summed E-state index contributed by atoms with van der Waals surface area (Å²) in [5.74, 6) is 0.813. The number of benzene rings is 2. The third-order valence-corrected chi connectivity index (χ3v) is 6.78. The van der Waals surface area contributed by atoms with Crippen LogP contribution in [0.2, 0.25) is 0 Å². The van der Waals surface area contributed by atoms with Crippen molar-refractivity contribution in [1.82, 2.24) is 9.55 Å². The number of sulfone groups is 1. The highest BCUT2D eigenvalue weighted by Crippen LogP contribution is 2.33. The van der Waals surface area contributed by atoms with E-state index in [9.17, 15) is 13.2 Å². The molecule has 0 aliphatic heterocycles. The Morgan fingerprint density at radius 3 is 2.38 bits per heavy atom. The number of carbonyl (C=O) groups excluding carboxylic acids is 1. The van der Waals surface area contributed by atoms with E-state index in [2.05, 4.69) is 10.3 Å². The highest BCUT2D eigenvalue weighted by Gasteiger charge is 2.23. The van der Waals surface area contributed by atoms with Crippen LogP contribution >= 0.6 is 0 Å². The van der Waals surface area contributed by atoms with Crippen LogP contribution in [0.1, 0.15) is 36.8 Å². The standard InChI is InChI=1S/C26H27N3O4S/c1-26(2,3)18-9-10-23(34(5,31)32)20(16-18)28-25(30)21-15-17-7-6-8-22(24(17)29(21)4)33-19-11-13-27-14-12-19/h6-16H,1-5H3,(H,28,30). The second-order valence-electron chi connectivity index (χ2n) is 9.25. The molecule has 4 rings (SSSR count). The number of fused-ring (bicyclic) bond motifs is 1. The number of amides is 1. The van der Waals surface area contributed by atoms with Gasteiger partial charge in [-0.1, -0.05) is 39.0 Å². The maximum atomic E-state index is 13.3. The number of pyridine rings is 1. The maximum Gasteiger partial charge on any atom is 0.272 e. The van der Waals surface area contributed by atoms with Crippen LogP contribution in [0.5, 0.6) is 11.5 Å². The first-order chi connectivity index (χ1) is 15.9. The Hall–Kier alpha value is -3.65. The quantitative estimate of drug-likeness (QED) is 0.420. The van der Waals surface area contributed by atoms with Crippen molar-refractivity contribution in [2.75, 3.05) is 11.6 Å². The van der Waals surface area contributed by atoms with Gasteiger partial charge in [0.05, 0.1) is 16.1 Å². The third-order valence-electron chi connectivity index (χ3n) is 5.62. The van der Waals surface area contributed by atoms with Crippen molar-refractivity contribution in [3.63, 3.8) is 0 Å². The Labute approximate surface area is 199 Å². The fourth-order valence-corrected chi connectivity index (χ4v) is 4.64. The zero-order chi connectivity index (χ0) is 24.7. The highest BCUT2D eigenvalue weighted by atomic mass is 32.2. The van der Waals surface area contributed by atoms with Crippen LogP contribution in [0.15, 0.2) is 71.9 Å². The summed E-state index contributed by atoms with van der Waals surface area (Å²) in [5, 5.41) is 3.65. The van der Waals surface area contributed by atoms with Crippen LogP contribution in [0.3, 0.4) is 0 Å². The van der Waals surface area contributed by atoms with Crippen LogP contribution in [-0.4, -0.2) is 30.1 Å². The molecule has 2 heterocycles. The molecule has 34 heavy (non-hydrogen) atoms. The number of rotatable bonds is 5. The average molecular weight is 478 g/mol. The van der Waals surface area contributed by atoms with Gasteiger partial charge in [-0.05, 0) is 47.4 Å². The second kappa shape index (κ2) is 8.61. The number of hydrogen-bond donors (Lipinski definition) is 1. The molecule has 0 spiro atoms. The number of aromatic nitrogens is 2. The SMILES string of the molecule is Cn1c(C(=O)Nc2cc(C(C)(C)C)ccc2S(C)(=O)=O)cc2cccc(Oc3ccncc3)c21. The smallest absolute Gasteiger partial charge is 0.272 e. The Bertz CT molecular complexity index is 1480. The average Bonchev–Trinajstić information content (AvgIpc) is 3.11. The van der Waals surface area contributed by atoms with Gasteiger partial charge in [-0.3, -0.25) is 9.78 Å². The summed E-state index contributed by atoms with van der Waals surface area (Å²) >= 11 is 0. The van der Waals surface area contributed by atoms with E-state index < -0.39 is 15.7 Å². The summed E-state index contributed by atoms with van der Waals surface area (Å²) < 4.78 is 32.5. The van der Waals surface area contributed by atoms with Crippen molar-refractivity contribution in [2.24, 2.45) is 7.05 Å². The van der Waals surface area contributed by atoms with Gasteiger partial charge >= 0.3 is 0 Å². The molecule has 0 atom stereocenters. The minimum absolute atomic E-state index is 0.0781. The molecule has 8 heteroatoms. The van der Waals surface area contributed by atoms with E-state index in [1.165, 1.54) is 0 Å². The molecule has 0 bridgehead atoms. The Balaban J connectivity index is 1.75. The van der Waals surface area contributed by atoms with Crippen molar-refractivity contribution in [1.29, 1.82) is 0 Å². The lowest BCUT2D eigenvalue weighted by atomic mass is 9.87. The summed E-state index contributed by atoms with van der Waals surface area (Å²) in [4.78, 5) is 17.4. The van der Waals surface area contributed by atoms with Crippen molar-refractivity contribution in [3.8, 4) is 11.5 Å². The normalized spacial score (nSPS) is 12.0. The van der Waals surface area contributed by atoms with Crippen molar-refractivity contribution >= 4 is 32.3 Å². The van der Waals surface area contributed by atoms with Gasteiger partial charge in [0.1, 0.15) is 11.4 Å². The molecule has 0 unspecified atom stereocenters. The predicted octanol–water partition coefficient (Wildman–Crippen LogP) is 5.32. The van der Waals surface area contributed by atoms with Crippen LogP contribution in [0, 0.1) is 0 Å². The molecular formula is C26H27N3O4S. The van der Waals surface area contributed by atoms with Crippen molar-refractivity contribution in [2.45, 2.75) is 31.1 Å². The Morgan fingerprint density at radius 2 is 1.74 bits per heavy atom. The largest absolute Gasteiger partial charge is 0.455 e. The molecule has 2 aromatic heterocycles. The third kappa shape index (κ3) is 4.68. The van der Waals surface area contributed by atoms with Crippen LogP contribution in [-0.2, 0) is 22.3 Å². The number of nitrogens with zero attached hydrogens (tertiary/aromatic N) is 2. The van der Waals surface area contributed by atoms with Gasteiger partial charge in [-0.2, -0.15) is 0 Å². The number of para-hydroxylation sites is 1. The molecule has 0 radical (unpaired) electrons. The maximum absolute atomic E-state index is 13.3. The van der Waals surface area contributed by atoms with Crippen LogP contribution in [0.25, 0.3) is 10.9 Å². The van der Waals surface area contributed by atoms with Crippen LogP contribution < -0.4 is 10.1 Å². The van der Waals surface area contributed by atoms with Gasteiger partial charge in [0.15, 0.2) is 15.6 Å². The number of aryl methyl sites for hydroxylation is 1. The Morgan fingerprint density at radius 1 is 1.03 bits per heavy atom. The number of carbonyl (C=O) groups is 1. The zero-order valence-corrected chi connectivity index (χ0v) is 20.6. The molecule has 0 aliphatic carbocycles. The first kappa shape index (κ1) is 23.5. The monoisotopic (exact) mass is 477 g/mol. The van der Waals surface area contributed by atoms with E-state index in [0.717, 1.165) is 22.7 Å². The molecule has 0 fully saturated rings. The summed E-state index contributed by atoms with van der Waals surface area (Å²) in [6.45, 7) is 6.09. The van der Waals surface area contributed by atoms with Gasteiger partial charge in [0, 0.05) is 31.1 Å². The lowest BCUT2D eigenvalue weighted by Gasteiger charge is -2.21. The zero-order valence-electron chi connectivity index (χ0n) is 19.8. The second-order valence-corrected chi connectivity index (χ2v) is 11.2. The first-order valence-electron chi connectivity index (χ1n) is 10.8. The van der Waals surface area contributed by atoms with Gasteiger partial charge in [-0.15, -0.1) is 0 Å². The van der Waals surface area contributed by atoms with Gasteiger partial charge in [0.25, 0.3) is 5.91 Å². The van der Waals surface area contributed by atoms with Crippen molar-refractivity contribution < 1.29 is 17.9 Å². The number of ether oxygens (including phenoxy) is 1. The fourth-order valence-electron chi connectivity index (χ4n) is 3.82. The van der Waals surface area contributed by atoms with E-state index >= 15 is 0 Å². The predicted molar refractivity (Wildman–Crippen MR) is 133 cm³/mol. The molecule has 1 N–H and O–H groups in total. The minimum Gasteiger partial charge on any atom is -0.455 e. The molecule has 176 valence electrons. The fraction of sp³-hybridized carbons (Fsp3) is 0.231. The van der Waals surface area contributed by atoms with Crippen LogP contribution in [0.4, 0.5) is 5.69 Å². The molecule has 0 saturated heterocycles. The van der Waals surface area contributed by atoms with Gasteiger partial charge in [-0.25, -0.2) is 8.42 Å². The lowest BCUT2D eigenvalue weighted by Crippen LogP contribution is -2.19. The van der Waals surface area contributed by atoms with Gasteiger partial charge in [0.2, 0.25) is 0 Å². The Kier molecular flexibility index (Phi) is 5.95. The van der Waals surface area contributed by atoms with E-state index in [1.807, 2.05) is 39.0 Å². The van der Waals surface area contributed by atoms with E-state index in [4.69, 9.17) is 4.74 Å².